The molecule has 2 N–H and O–H groups in total. The summed E-state index contributed by atoms with van der Waals surface area (Å²) in [5.41, 5.74) is 5.79. The van der Waals surface area contributed by atoms with Gasteiger partial charge in [-0.25, -0.2) is 8.42 Å². The van der Waals surface area contributed by atoms with Crippen LogP contribution in [0.4, 0.5) is 0 Å². The van der Waals surface area contributed by atoms with Crippen LogP contribution < -0.4 is 5.73 Å². The van der Waals surface area contributed by atoms with Gasteiger partial charge in [0.1, 0.15) is 5.75 Å². The van der Waals surface area contributed by atoms with Gasteiger partial charge in [-0.2, -0.15) is 0 Å². The Morgan fingerprint density at radius 1 is 1.18 bits per heavy atom. The molecule has 1 heterocycles. The first-order chi connectivity index (χ1) is 8.00. The van der Waals surface area contributed by atoms with E-state index in [1.54, 1.807) is 4.90 Å². The number of nitrogens with zero attached hydrogens (tertiary/aromatic N) is 1. The van der Waals surface area contributed by atoms with Gasteiger partial charge >= 0.3 is 0 Å². The van der Waals surface area contributed by atoms with Gasteiger partial charge in [-0.15, -0.1) is 0 Å². The third-order valence-corrected chi connectivity index (χ3v) is 5.91. The van der Waals surface area contributed by atoms with Gasteiger partial charge in [0.25, 0.3) is 0 Å². The van der Waals surface area contributed by atoms with E-state index in [9.17, 15) is 13.2 Å². The van der Waals surface area contributed by atoms with Crippen molar-refractivity contribution in [2.75, 3.05) is 18.8 Å². The molecule has 1 saturated carbocycles. The Balaban J connectivity index is 1.99. The van der Waals surface area contributed by atoms with E-state index in [0.29, 0.717) is 19.5 Å². The third kappa shape index (κ3) is 2.80. The second-order valence-corrected chi connectivity index (χ2v) is 7.25. The van der Waals surface area contributed by atoms with E-state index in [1.165, 1.54) is 0 Å². The maximum absolute atomic E-state index is 12.1. The minimum atomic E-state index is -3.36. The molecule has 1 aliphatic heterocycles. The second-order valence-electron chi connectivity index (χ2n) is 5.03. The van der Waals surface area contributed by atoms with Crippen LogP contribution in [0.3, 0.4) is 0 Å². The summed E-state index contributed by atoms with van der Waals surface area (Å²) in [5, 5.41) is -0.506. The molecular formula is C11H20N2O3S. The molecule has 17 heavy (non-hydrogen) atoms. The topological polar surface area (TPSA) is 80.5 Å². The van der Waals surface area contributed by atoms with Crippen LogP contribution >= 0.6 is 0 Å². The van der Waals surface area contributed by atoms with Gasteiger partial charge in [0, 0.05) is 19.1 Å². The van der Waals surface area contributed by atoms with Crippen LogP contribution in [0.15, 0.2) is 0 Å². The van der Waals surface area contributed by atoms with E-state index in [4.69, 9.17) is 5.73 Å². The quantitative estimate of drug-likeness (QED) is 0.768. The number of carbonyl (C=O) groups excluding carboxylic acids is 1. The molecule has 1 aliphatic carbocycles. The minimum absolute atomic E-state index is 0.249. The normalized spacial score (nSPS) is 29.8. The van der Waals surface area contributed by atoms with Crippen molar-refractivity contribution in [1.82, 2.24) is 4.90 Å². The Bertz CT molecular complexity index is 388. The molecule has 2 rings (SSSR count). The van der Waals surface area contributed by atoms with E-state index in [-0.39, 0.29) is 17.7 Å². The fraction of sp³-hybridized carbons (Fsp3) is 0.909. The van der Waals surface area contributed by atoms with Crippen molar-refractivity contribution in [3.63, 3.8) is 0 Å². The predicted octanol–water partition coefficient (Wildman–Crippen LogP) is -0.0966. The van der Waals surface area contributed by atoms with Gasteiger partial charge in [0.15, 0.2) is 9.84 Å². The molecule has 2 atom stereocenters. The van der Waals surface area contributed by atoms with E-state index in [0.717, 1.165) is 25.7 Å². The number of likely N-dealkylation sites (tertiary alicyclic amines) is 1. The van der Waals surface area contributed by atoms with Crippen LogP contribution in [0.1, 0.15) is 32.1 Å². The molecule has 2 aliphatic rings. The molecule has 0 aromatic heterocycles. The molecule has 0 bridgehead atoms. The van der Waals surface area contributed by atoms with Crippen molar-refractivity contribution >= 4 is 15.7 Å². The second kappa shape index (κ2) is 4.94. The lowest BCUT2D eigenvalue weighted by Crippen LogP contribution is -2.42. The van der Waals surface area contributed by atoms with Gasteiger partial charge in [-0.1, -0.05) is 6.42 Å². The van der Waals surface area contributed by atoms with Crippen molar-refractivity contribution in [2.24, 2.45) is 5.73 Å². The molecule has 98 valence electrons. The highest BCUT2D eigenvalue weighted by atomic mass is 32.2. The third-order valence-electron chi connectivity index (χ3n) is 3.75. The Morgan fingerprint density at radius 3 is 2.35 bits per heavy atom. The molecule has 1 amide bonds. The van der Waals surface area contributed by atoms with Gasteiger partial charge in [-0.3, -0.25) is 4.79 Å². The molecular weight excluding hydrogens is 240 g/mol. The molecule has 2 fully saturated rings. The summed E-state index contributed by atoms with van der Waals surface area (Å²) in [7, 11) is -3.36. The summed E-state index contributed by atoms with van der Waals surface area (Å²) in [6.07, 6.45) is 4.17. The summed E-state index contributed by atoms with van der Waals surface area (Å²) >= 11 is 0. The van der Waals surface area contributed by atoms with E-state index in [1.807, 2.05) is 0 Å². The summed E-state index contributed by atoms with van der Waals surface area (Å²) in [4.78, 5) is 13.5. The number of carbonyl (C=O) groups is 1. The lowest BCUT2D eigenvalue weighted by molar-refractivity contribution is -0.127. The number of hydrogen-bond acceptors (Lipinski definition) is 4. The highest BCUT2D eigenvalue weighted by Gasteiger charge is 2.37. The maximum Gasteiger partial charge on any atom is 0.237 e. The SMILES string of the molecule is NC1CCCC1S(=O)(=O)CC(=O)N1CCCC1. The van der Waals surface area contributed by atoms with E-state index < -0.39 is 15.1 Å². The summed E-state index contributed by atoms with van der Waals surface area (Å²) in [5.74, 6) is -0.604. The molecule has 6 heteroatoms. The summed E-state index contributed by atoms with van der Waals surface area (Å²) in [6, 6.07) is -0.286. The maximum atomic E-state index is 12.1. The molecule has 0 spiro atoms. The highest BCUT2D eigenvalue weighted by molar-refractivity contribution is 7.92. The van der Waals surface area contributed by atoms with Crippen molar-refractivity contribution in [1.29, 1.82) is 0 Å². The zero-order chi connectivity index (χ0) is 12.5. The van der Waals surface area contributed by atoms with Gasteiger partial charge in [0.2, 0.25) is 5.91 Å². The molecule has 2 unspecified atom stereocenters. The average Bonchev–Trinajstić information content (AvgIpc) is 2.85. The van der Waals surface area contributed by atoms with Gasteiger partial charge < -0.3 is 10.6 Å². The number of amides is 1. The molecule has 0 radical (unpaired) electrons. The summed E-state index contributed by atoms with van der Waals surface area (Å²) in [6.45, 7) is 1.40. The largest absolute Gasteiger partial charge is 0.342 e. The molecule has 0 aromatic carbocycles. The molecule has 0 aromatic rings. The van der Waals surface area contributed by atoms with Crippen LogP contribution in [-0.4, -0.2) is 49.4 Å². The van der Waals surface area contributed by atoms with Crippen molar-refractivity contribution in [3.8, 4) is 0 Å². The number of sulfone groups is 1. The number of rotatable bonds is 3. The Hall–Kier alpha value is -0.620. The number of hydrogen-bond donors (Lipinski definition) is 1. The van der Waals surface area contributed by atoms with Crippen LogP contribution in [0.2, 0.25) is 0 Å². The van der Waals surface area contributed by atoms with Crippen LogP contribution in [-0.2, 0) is 14.6 Å². The van der Waals surface area contributed by atoms with Crippen LogP contribution in [0, 0.1) is 0 Å². The first-order valence-electron chi connectivity index (χ1n) is 6.25. The van der Waals surface area contributed by atoms with Crippen LogP contribution in [0.25, 0.3) is 0 Å². The van der Waals surface area contributed by atoms with Crippen LogP contribution in [0.5, 0.6) is 0 Å². The molecule has 5 nitrogen and oxygen atoms in total. The zero-order valence-electron chi connectivity index (χ0n) is 9.97. The van der Waals surface area contributed by atoms with Crippen molar-refractivity contribution in [3.05, 3.63) is 0 Å². The Labute approximate surface area is 102 Å². The summed E-state index contributed by atoms with van der Waals surface area (Å²) < 4.78 is 24.2. The van der Waals surface area contributed by atoms with Gasteiger partial charge in [0.05, 0.1) is 5.25 Å². The zero-order valence-corrected chi connectivity index (χ0v) is 10.8. The fourth-order valence-electron chi connectivity index (χ4n) is 2.74. The lowest BCUT2D eigenvalue weighted by Gasteiger charge is -2.19. The Morgan fingerprint density at radius 2 is 1.82 bits per heavy atom. The minimum Gasteiger partial charge on any atom is -0.342 e. The van der Waals surface area contributed by atoms with E-state index in [2.05, 4.69) is 0 Å². The average molecular weight is 260 g/mol. The Kier molecular flexibility index (Phi) is 3.73. The standard InChI is InChI=1S/C11H20N2O3S/c12-9-4-3-5-10(9)17(15,16)8-11(14)13-6-1-2-7-13/h9-10H,1-8,12H2. The predicted molar refractivity (Wildman–Crippen MR) is 65.2 cm³/mol. The smallest absolute Gasteiger partial charge is 0.237 e. The molecule has 1 saturated heterocycles. The monoisotopic (exact) mass is 260 g/mol. The first kappa shape index (κ1) is 12.8. The van der Waals surface area contributed by atoms with Crippen molar-refractivity contribution < 1.29 is 13.2 Å². The van der Waals surface area contributed by atoms with Gasteiger partial charge in [-0.05, 0) is 25.7 Å². The first-order valence-corrected chi connectivity index (χ1v) is 7.97. The fourth-order valence-corrected chi connectivity index (χ4v) is 4.67. The number of nitrogens with two attached hydrogens (primary N) is 1. The van der Waals surface area contributed by atoms with E-state index >= 15 is 0 Å². The lowest BCUT2D eigenvalue weighted by atomic mass is 10.3. The van der Waals surface area contributed by atoms with Crippen molar-refractivity contribution in [2.45, 2.75) is 43.4 Å². The highest BCUT2D eigenvalue weighted by Crippen LogP contribution is 2.25.